The van der Waals surface area contributed by atoms with Gasteiger partial charge in [0.2, 0.25) is 0 Å². The highest BCUT2D eigenvalue weighted by molar-refractivity contribution is 5.76. The van der Waals surface area contributed by atoms with E-state index in [0.717, 1.165) is 31.6 Å². The van der Waals surface area contributed by atoms with Gasteiger partial charge in [-0.25, -0.2) is 4.79 Å². The third kappa shape index (κ3) is 5.22. The van der Waals surface area contributed by atoms with Gasteiger partial charge in [0.15, 0.2) is 0 Å². The number of nitrogens with zero attached hydrogens (tertiary/aromatic N) is 1. The number of benzene rings is 1. The van der Waals surface area contributed by atoms with Gasteiger partial charge in [-0.2, -0.15) is 0 Å². The number of amides is 2. The minimum Gasteiger partial charge on any atom is -0.469 e. The first kappa shape index (κ1) is 19.7. The average Bonchev–Trinajstić information content (AvgIpc) is 2.72. The largest absolute Gasteiger partial charge is 0.469 e. The number of hydrogen-bond acceptors (Lipinski definition) is 4. The lowest BCUT2D eigenvalue weighted by Crippen LogP contribution is -2.53. The van der Waals surface area contributed by atoms with Gasteiger partial charge in [-0.1, -0.05) is 30.3 Å². The Morgan fingerprint density at radius 3 is 2.63 bits per heavy atom. The fourth-order valence-electron chi connectivity index (χ4n) is 4.31. The van der Waals surface area contributed by atoms with Gasteiger partial charge in [-0.15, -0.1) is 0 Å². The molecule has 2 N–H and O–H groups in total. The van der Waals surface area contributed by atoms with Crippen molar-refractivity contribution in [2.24, 2.45) is 11.8 Å². The number of piperidine rings is 1. The predicted octanol–water partition coefficient (Wildman–Crippen LogP) is 2.71. The molecule has 0 spiro atoms. The van der Waals surface area contributed by atoms with E-state index in [1.54, 1.807) is 0 Å². The summed E-state index contributed by atoms with van der Waals surface area (Å²) in [6.45, 7) is 3.49. The molecule has 2 aliphatic heterocycles. The molecule has 0 aliphatic carbocycles. The Hall–Kier alpha value is -2.08. The van der Waals surface area contributed by atoms with Crippen LogP contribution in [0.15, 0.2) is 30.3 Å². The van der Waals surface area contributed by atoms with Gasteiger partial charge in [-0.3, -0.25) is 4.79 Å². The minimum atomic E-state index is -0.194. The molecule has 2 heterocycles. The third-order valence-electron chi connectivity index (χ3n) is 5.88. The number of carbonyl (C=O) groups excluding carboxylic acids is 2. The summed E-state index contributed by atoms with van der Waals surface area (Å²) in [5.41, 5.74) is 1.15. The highest BCUT2D eigenvalue weighted by atomic mass is 16.5. The number of rotatable bonds is 7. The summed E-state index contributed by atoms with van der Waals surface area (Å²) in [5, 5.41) is 6.43. The van der Waals surface area contributed by atoms with Crippen LogP contribution in [-0.2, 0) is 9.53 Å². The van der Waals surface area contributed by atoms with Crippen molar-refractivity contribution in [1.29, 1.82) is 0 Å². The Balaban J connectivity index is 1.74. The van der Waals surface area contributed by atoms with E-state index in [1.165, 1.54) is 20.0 Å². The van der Waals surface area contributed by atoms with Crippen molar-refractivity contribution in [2.45, 2.75) is 38.1 Å². The monoisotopic (exact) mass is 373 g/mol. The second-order valence-corrected chi connectivity index (χ2v) is 7.59. The molecule has 6 nitrogen and oxygen atoms in total. The van der Waals surface area contributed by atoms with Gasteiger partial charge >= 0.3 is 12.0 Å². The summed E-state index contributed by atoms with van der Waals surface area (Å²) in [6, 6.07) is 10.2. The first-order valence-electron chi connectivity index (χ1n) is 10.1. The lowest BCUT2D eigenvalue weighted by Gasteiger charge is -2.42. The van der Waals surface area contributed by atoms with E-state index < -0.39 is 0 Å². The minimum absolute atomic E-state index is 0.00585. The van der Waals surface area contributed by atoms with Gasteiger partial charge < -0.3 is 20.3 Å². The lowest BCUT2D eigenvalue weighted by molar-refractivity contribution is -0.141. The Bertz CT molecular complexity index is 616. The van der Waals surface area contributed by atoms with Crippen LogP contribution in [0.1, 0.15) is 43.7 Å². The van der Waals surface area contributed by atoms with Crippen LogP contribution < -0.4 is 10.6 Å². The summed E-state index contributed by atoms with van der Waals surface area (Å²) < 4.78 is 4.81. The molecule has 6 heteroatoms. The number of methoxy groups -OCH3 is 1. The fraction of sp³-hybridized carbons (Fsp3) is 0.619. The van der Waals surface area contributed by atoms with Crippen molar-refractivity contribution in [1.82, 2.24) is 15.5 Å². The van der Waals surface area contributed by atoms with Gasteiger partial charge in [-0.05, 0) is 50.3 Å². The van der Waals surface area contributed by atoms with Crippen LogP contribution in [0.2, 0.25) is 0 Å². The number of nitrogens with one attached hydrogen (secondary N) is 2. The van der Waals surface area contributed by atoms with E-state index >= 15 is 0 Å². The van der Waals surface area contributed by atoms with Crippen LogP contribution in [0, 0.1) is 11.8 Å². The van der Waals surface area contributed by atoms with Crippen molar-refractivity contribution >= 4 is 12.0 Å². The Kier molecular flexibility index (Phi) is 7.10. The van der Waals surface area contributed by atoms with E-state index in [9.17, 15) is 9.59 Å². The number of ether oxygens (including phenoxy) is 1. The Morgan fingerprint density at radius 1 is 1.19 bits per heavy atom. The zero-order valence-corrected chi connectivity index (χ0v) is 16.2. The van der Waals surface area contributed by atoms with Gasteiger partial charge in [0.1, 0.15) is 0 Å². The van der Waals surface area contributed by atoms with E-state index in [1.807, 2.05) is 23.1 Å². The Labute approximate surface area is 161 Å². The molecule has 148 valence electrons. The quantitative estimate of drug-likeness (QED) is 0.721. The highest BCUT2D eigenvalue weighted by Crippen LogP contribution is 2.35. The van der Waals surface area contributed by atoms with Crippen molar-refractivity contribution < 1.29 is 14.3 Å². The van der Waals surface area contributed by atoms with Crippen LogP contribution >= 0.6 is 0 Å². The normalized spacial score (nSPS) is 23.7. The highest BCUT2D eigenvalue weighted by Gasteiger charge is 2.36. The van der Waals surface area contributed by atoms with Crippen LogP contribution in [0.5, 0.6) is 0 Å². The smallest absolute Gasteiger partial charge is 0.317 e. The Morgan fingerprint density at radius 2 is 1.93 bits per heavy atom. The maximum Gasteiger partial charge on any atom is 0.317 e. The predicted molar refractivity (Wildman–Crippen MR) is 104 cm³/mol. The molecule has 2 saturated heterocycles. The summed E-state index contributed by atoms with van der Waals surface area (Å²) in [7, 11) is 1.42. The molecular formula is C21H31N3O3. The maximum atomic E-state index is 12.7. The van der Waals surface area contributed by atoms with Gasteiger partial charge in [0, 0.05) is 25.4 Å². The molecule has 27 heavy (non-hydrogen) atoms. The molecule has 2 fully saturated rings. The zero-order valence-electron chi connectivity index (χ0n) is 16.2. The molecule has 0 radical (unpaired) electrons. The third-order valence-corrected chi connectivity index (χ3v) is 5.88. The molecule has 2 atom stereocenters. The first-order valence-corrected chi connectivity index (χ1v) is 10.1. The topological polar surface area (TPSA) is 70.7 Å². The molecule has 0 bridgehead atoms. The molecule has 0 saturated carbocycles. The van der Waals surface area contributed by atoms with E-state index in [0.29, 0.717) is 25.3 Å². The summed E-state index contributed by atoms with van der Waals surface area (Å²) >= 11 is 0. The first-order chi connectivity index (χ1) is 13.2. The van der Waals surface area contributed by atoms with E-state index in [-0.39, 0.29) is 24.0 Å². The fourth-order valence-corrected chi connectivity index (χ4v) is 4.31. The molecule has 2 unspecified atom stereocenters. The summed E-state index contributed by atoms with van der Waals surface area (Å²) in [4.78, 5) is 26.3. The van der Waals surface area contributed by atoms with Crippen molar-refractivity contribution in [3.63, 3.8) is 0 Å². The molecule has 0 aromatic heterocycles. The van der Waals surface area contributed by atoms with Gasteiger partial charge in [0.25, 0.3) is 0 Å². The van der Waals surface area contributed by atoms with Gasteiger partial charge in [0.05, 0.1) is 13.2 Å². The van der Waals surface area contributed by atoms with E-state index in [2.05, 4.69) is 22.8 Å². The van der Waals surface area contributed by atoms with Crippen LogP contribution in [0.4, 0.5) is 4.79 Å². The second kappa shape index (κ2) is 9.74. The second-order valence-electron chi connectivity index (χ2n) is 7.59. The molecule has 1 aromatic rings. The van der Waals surface area contributed by atoms with Crippen LogP contribution in [0.25, 0.3) is 0 Å². The van der Waals surface area contributed by atoms with Crippen molar-refractivity contribution in [2.75, 3.05) is 33.3 Å². The molecule has 2 aliphatic rings. The molecular weight excluding hydrogens is 342 g/mol. The lowest BCUT2D eigenvalue weighted by atomic mass is 9.85. The van der Waals surface area contributed by atoms with Crippen molar-refractivity contribution in [3.05, 3.63) is 35.9 Å². The molecule has 3 rings (SSSR count). The zero-order chi connectivity index (χ0) is 19.1. The maximum absolute atomic E-state index is 12.7. The summed E-state index contributed by atoms with van der Waals surface area (Å²) in [6.07, 6.45) is 4.47. The standard InChI is InChI=1S/C21H31N3O3/c1-27-19(25)8-7-18-15-23-21(26)24(14-11-16-9-12-22-13-10-16)20(18)17-5-3-2-4-6-17/h2-6,16,18,20,22H,7-15H2,1H3,(H,23,26). The van der Waals surface area contributed by atoms with Crippen LogP contribution in [-0.4, -0.2) is 50.2 Å². The number of carbonyl (C=O) groups is 2. The van der Waals surface area contributed by atoms with Crippen LogP contribution in [0.3, 0.4) is 0 Å². The molecule has 1 aromatic carbocycles. The number of esters is 1. The average molecular weight is 373 g/mol. The molecule has 2 amide bonds. The van der Waals surface area contributed by atoms with Crippen molar-refractivity contribution in [3.8, 4) is 0 Å². The number of urea groups is 1. The number of hydrogen-bond donors (Lipinski definition) is 2. The SMILES string of the molecule is COC(=O)CCC1CNC(=O)N(CCC2CCNCC2)C1c1ccccc1. The van der Waals surface area contributed by atoms with E-state index in [4.69, 9.17) is 4.74 Å². The summed E-state index contributed by atoms with van der Waals surface area (Å²) in [5.74, 6) is 0.670.